The molecule has 0 radical (unpaired) electrons. The van der Waals surface area contributed by atoms with Crippen molar-refractivity contribution in [1.29, 1.82) is 0 Å². The Hall–Kier alpha value is -2.11. The van der Waals surface area contributed by atoms with Crippen LogP contribution in [0.3, 0.4) is 0 Å². The number of esters is 1. The first-order valence-corrected chi connectivity index (χ1v) is 7.62. The summed E-state index contributed by atoms with van der Waals surface area (Å²) >= 11 is 0. The largest absolute Gasteiger partial charge is 0.466 e. The summed E-state index contributed by atoms with van der Waals surface area (Å²) in [7, 11) is 3.80. The van der Waals surface area contributed by atoms with Gasteiger partial charge in [-0.15, -0.1) is 0 Å². The maximum Gasteiger partial charge on any atom is 0.310 e. The van der Waals surface area contributed by atoms with Crippen molar-refractivity contribution < 1.29 is 14.3 Å². The van der Waals surface area contributed by atoms with Gasteiger partial charge in [0.25, 0.3) is 5.91 Å². The molecule has 0 spiro atoms. The summed E-state index contributed by atoms with van der Waals surface area (Å²) in [4.78, 5) is 32.2. The van der Waals surface area contributed by atoms with E-state index in [9.17, 15) is 9.59 Å². The average molecular weight is 305 g/mol. The van der Waals surface area contributed by atoms with Crippen molar-refractivity contribution >= 4 is 17.7 Å². The quantitative estimate of drug-likeness (QED) is 0.790. The number of hydrogen-bond acceptors (Lipinski definition) is 5. The van der Waals surface area contributed by atoms with E-state index in [0.717, 1.165) is 18.7 Å². The smallest absolute Gasteiger partial charge is 0.310 e. The highest BCUT2D eigenvalue weighted by Gasteiger charge is 2.29. The lowest BCUT2D eigenvalue weighted by Crippen LogP contribution is -2.42. The third-order valence-corrected chi connectivity index (χ3v) is 3.78. The molecule has 2 heterocycles. The van der Waals surface area contributed by atoms with Gasteiger partial charge in [-0.2, -0.15) is 0 Å². The Bertz CT molecular complexity index is 528. The van der Waals surface area contributed by atoms with Crippen LogP contribution in [0.1, 0.15) is 30.1 Å². The minimum absolute atomic E-state index is 0.0770. The van der Waals surface area contributed by atoms with E-state index in [0.29, 0.717) is 25.3 Å². The fourth-order valence-corrected chi connectivity index (χ4v) is 2.57. The molecule has 1 amide bonds. The summed E-state index contributed by atoms with van der Waals surface area (Å²) in [5.41, 5.74) is 0.551. The molecule has 1 saturated heterocycles. The maximum atomic E-state index is 12.5. The Labute approximate surface area is 131 Å². The number of amides is 1. The first kappa shape index (κ1) is 16.3. The van der Waals surface area contributed by atoms with Crippen LogP contribution in [0, 0.1) is 5.92 Å². The monoisotopic (exact) mass is 305 g/mol. The standard InChI is InChI=1S/C16H23N3O3/c1-4-22-16(21)13-6-5-9-19(11-13)15(20)12-7-8-14(17-10-12)18(2)3/h7-8,10,13H,4-6,9,11H2,1-3H3. The Morgan fingerprint density at radius 2 is 2.18 bits per heavy atom. The molecular formula is C16H23N3O3. The predicted octanol–water partition coefficient (Wildman–Crippen LogP) is 1.56. The van der Waals surface area contributed by atoms with E-state index in [1.165, 1.54) is 0 Å². The average Bonchev–Trinajstić information content (AvgIpc) is 2.54. The molecule has 0 aliphatic carbocycles. The van der Waals surface area contributed by atoms with Gasteiger partial charge in [-0.3, -0.25) is 9.59 Å². The lowest BCUT2D eigenvalue weighted by molar-refractivity contribution is -0.149. The Balaban J connectivity index is 2.03. The van der Waals surface area contributed by atoms with E-state index in [2.05, 4.69) is 4.98 Å². The third kappa shape index (κ3) is 3.75. The molecule has 0 saturated carbocycles. The number of carbonyl (C=O) groups excluding carboxylic acids is 2. The molecule has 0 aromatic carbocycles. The van der Waals surface area contributed by atoms with Crippen LogP contribution in [0.15, 0.2) is 18.3 Å². The minimum Gasteiger partial charge on any atom is -0.466 e. The summed E-state index contributed by atoms with van der Waals surface area (Å²) in [6, 6.07) is 3.60. The molecule has 6 nitrogen and oxygen atoms in total. The number of pyridine rings is 1. The molecule has 120 valence electrons. The zero-order valence-electron chi connectivity index (χ0n) is 13.4. The molecule has 1 aromatic heterocycles. The van der Waals surface area contributed by atoms with E-state index in [1.54, 1.807) is 24.1 Å². The maximum absolute atomic E-state index is 12.5. The molecule has 6 heteroatoms. The van der Waals surface area contributed by atoms with Gasteiger partial charge >= 0.3 is 5.97 Å². The number of rotatable bonds is 4. The fourth-order valence-electron chi connectivity index (χ4n) is 2.57. The molecule has 1 unspecified atom stereocenters. The van der Waals surface area contributed by atoms with Crippen LogP contribution < -0.4 is 4.90 Å². The minimum atomic E-state index is -0.216. The highest BCUT2D eigenvalue weighted by atomic mass is 16.5. The van der Waals surface area contributed by atoms with Gasteiger partial charge in [0.05, 0.1) is 18.1 Å². The van der Waals surface area contributed by atoms with Gasteiger partial charge in [0.15, 0.2) is 0 Å². The van der Waals surface area contributed by atoms with Gasteiger partial charge in [0.1, 0.15) is 5.82 Å². The van der Waals surface area contributed by atoms with E-state index in [-0.39, 0.29) is 17.8 Å². The molecule has 1 aromatic rings. The molecule has 1 aliphatic rings. The van der Waals surface area contributed by atoms with Crippen molar-refractivity contribution in [3.8, 4) is 0 Å². The molecule has 1 aliphatic heterocycles. The normalized spacial score (nSPS) is 18.0. The summed E-state index contributed by atoms with van der Waals surface area (Å²) in [6.45, 7) is 3.26. The molecule has 0 bridgehead atoms. The van der Waals surface area contributed by atoms with Crippen LogP contribution in [0.25, 0.3) is 0 Å². The number of aromatic nitrogens is 1. The molecule has 1 fully saturated rings. The highest BCUT2D eigenvalue weighted by molar-refractivity contribution is 5.94. The SMILES string of the molecule is CCOC(=O)C1CCCN(C(=O)c2ccc(N(C)C)nc2)C1. The van der Waals surface area contributed by atoms with Crippen LogP contribution in [-0.2, 0) is 9.53 Å². The Morgan fingerprint density at radius 3 is 2.77 bits per heavy atom. The molecule has 22 heavy (non-hydrogen) atoms. The number of nitrogens with zero attached hydrogens (tertiary/aromatic N) is 3. The number of hydrogen-bond donors (Lipinski definition) is 0. The fraction of sp³-hybridized carbons (Fsp3) is 0.562. The second-order valence-electron chi connectivity index (χ2n) is 5.64. The highest BCUT2D eigenvalue weighted by Crippen LogP contribution is 2.20. The van der Waals surface area contributed by atoms with Crippen molar-refractivity contribution in [2.45, 2.75) is 19.8 Å². The van der Waals surface area contributed by atoms with E-state index in [4.69, 9.17) is 4.74 Å². The van der Waals surface area contributed by atoms with Gasteiger partial charge in [0.2, 0.25) is 0 Å². The van der Waals surface area contributed by atoms with Crippen LogP contribution >= 0.6 is 0 Å². The Kier molecular flexibility index (Phi) is 5.35. The number of likely N-dealkylation sites (tertiary alicyclic amines) is 1. The molecule has 2 rings (SSSR count). The third-order valence-electron chi connectivity index (χ3n) is 3.78. The van der Waals surface area contributed by atoms with Gasteiger partial charge in [0, 0.05) is 33.4 Å². The molecule has 1 atom stereocenters. The second-order valence-corrected chi connectivity index (χ2v) is 5.64. The first-order chi connectivity index (χ1) is 10.5. The van der Waals surface area contributed by atoms with Crippen molar-refractivity contribution in [1.82, 2.24) is 9.88 Å². The lowest BCUT2D eigenvalue weighted by atomic mass is 9.97. The summed E-state index contributed by atoms with van der Waals surface area (Å²) in [5, 5.41) is 0. The van der Waals surface area contributed by atoms with Crippen LogP contribution in [0.4, 0.5) is 5.82 Å². The zero-order chi connectivity index (χ0) is 16.1. The van der Waals surface area contributed by atoms with Gasteiger partial charge in [-0.1, -0.05) is 0 Å². The second kappa shape index (κ2) is 7.24. The molecule has 0 N–H and O–H groups in total. The van der Waals surface area contributed by atoms with Crippen molar-refractivity contribution in [2.75, 3.05) is 38.7 Å². The number of piperidine rings is 1. The zero-order valence-corrected chi connectivity index (χ0v) is 13.4. The van der Waals surface area contributed by atoms with Crippen LogP contribution in [0.5, 0.6) is 0 Å². The van der Waals surface area contributed by atoms with Crippen molar-refractivity contribution in [2.24, 2.45) is 5.92 Å². The summed E-state index contributed by atoms with van der Waals surface area (Å²) < 4.78 is 5.06. The van der Waals surface area contributed by atoms with Gasteiger partial charge < -0.3 is 14.5 Å². The van der Waals surface area contributed by atoms with Gasteiger partial charge in [-0.25, -0.2) is 4.98 Å². The first-order valence-electron chi connectivity index (χ1n) is 7.62. The number of anilines is 1. The van der Waals surface area contributed by atoms with E-state index < -0.39 is 0 Å². The predicted molar refractivity (Wildman–Crippen MR) is 83.8 cm³/mol. The van der Waals surface area contributed by atoms with E-state index >= 15 is 0 Å². The van der Waals surface area contributed by atoms with Crippen LogP contribution in [0.2, 0.25) is 0 Å². The molecular weight excluding hydrogens is 282 g/mol. The summed E-state index contributed by atoms with van der Waals surface area (Å²) in [5.74, 6) is 0.305. The lowest BCUT2D eigenvalue weighted by Gasteiger charge is -2.31. The Morgan fingerprint density at radius 1 is 1.41 bits per heavy atom. The number of ether oxygens (including phenoxy) is 1. The number of carbonyl (C=O) groups is 2. The van der Waals surface area contributed by atoms with Crippen molar-refractivity contribution in [3.05, 3.63) is 23.9 Å². The topological polar surface area (TPSA) is 62.7 Å². The van der Waals surface area contributed by atoms with Gasteiger partial charge in [-0.05, 0) is 31.9 Å². The van der Waals surface area contributed by atoms with Crippen molar-refractivity contribution in [3.63, 3.8) is 0 Å². The van der Waals surface area contributed by atoms with E-state index in [1.807, 2.05) is 25.1 Å². The summed E-state index contributed by atoms with van der Waals surface area (Å²) in [6.07, 6.45) is 3.19. The van der Waals surface area contributed by atoms with Crippen LogP contribution in [-0.4, -0.2) is 55.6 Å².